The van der Waals surface area contributed by atoms with Crippen LogP contribution in [0.3, 0.4) is 0 Å². The van der Waals surface area contributed by atoms with Gasteiger partial charge in [-0.05, 0) is 98.7 Å². The SMILES string of the molecule is CO[C@@]1(CC[C@@H](C)CO[C@@H]2O[C@H](CO)[C@@H](O)[C@H](O)[C@H]2O)O[C@H]2C[C@H]3[C@@H]4CC=C5C[C@@H](O[C@@H]6O[C@H](CO)[C@@H](O)[C@H](O[C@@H]7OC[C@H](O)[C@H](O)[C@H]7O)[C@H]6O[C@@H]6O[C@@H](C)[C@H](O)[C@@H](O)[C@H]6O)CC[C@]5(C)[C@H]4CC[C@]3(C)[C@H]2[C@@H]1C. The molecule has 0 aromatic carbocycles. The zero-order chi connectivity index (χ0) is 52.6. The number of methoxy groups -OCH3 is 1. The minimum Gasteiger partial charge on any atom is -0.394 e. The standard InChI is InChI=1S/C51H84O22/c1-21(19-65-45-41(62)39(60)36(57)31(17-52)69-45)9-14-51(64-6)22(2)33-30(73-51)16-28-26-8-7-24-15-25(10-12-49(24,4)27(26)11-13-50(28,33)5)68-48-44(72-47-42(63)38(59)34(55)23(3)67-47)43(37(58)32(18-53)70-48)71-46-40(61)35(56)29(54)20-66-46/h7,21-23,25-48,52-63H,8-20H2,1-6H3/t21-,22+,23+,25+,26-,27+,28+,29+,30+,31-,32-,33+,34+,35+,36-,37-,38-,39+,40-,41-,42-,43+,44-,45-,46+,47+,48-,49+,50+,51+/m1/s1. The van der Waals surface area contributed by atoms with Gasteiger partial charge in [0.05, 0.1) is 44.7 Å². The Morgan fingerprint density at radius 2 is 1.36 bits per heavy atom. The Kier molecular flexibility index (Phi) is 17.2. The molecule has 0 aromatic heterocycles. The van der Waals surface area contributed by atoms with Crippen LogP contribution in [0.5, 0.6) is 0 Å². The summed E-state index contributed by atoms with van der Waals surface area (Å²) in [4.78, 5) is 0. The Balaban J connectivity index is 0.864. The molecule has 8 fully saturated rings. The van der Waals surface area contributed by atoms with Crippen molar-refractivity contribution in [2.45, 2.75) is 227 Å². The third-order valence-corrected chi connectivity index (χ3v) is 19.4. The first-order chi connectivity index (χ1) is 34.6. The van der Waals surface area contributed by atoms with Crippen molar-refractivity contribution in [3.8, 4) is 0 Å². The van der Waals surface area contributed by atoms with Crippen LogP contribution in [0.2, 0.25) is 0 Å². The summed E-state index contributed by atoms with van der Waals surface area (Å²) >= 11 is 0. The van der Waals surface area contributed by atoms with E-state index in [1.165, 1.54) is 12.5 Å². The van der Waals surface area contributed by atoms with E-state index in [0.29, 0.717) is 43.4 Å². The Morgan fingerprint density at radius 1 is 0.699 bits per heavy atom. The van der Waals surface area contributed by atoms with Gasteiger partial charge in [0, 0.05) is 19.4 Å². The van der Waals surface area contributed by atoms with E-state index in [2.05, 4.69) is 26.8 Å². The van der Waals surface area contributed by atoms with E-state index in [-0.39, 0.29) is 41.3 Å². The van der Waals surface area contributed by atoms with Crippen LogP contribution in [0.15, 0.2) is 11.6 Å². The van der Waals surface area contributed by atoms with E-state index in [0.717, 1.165) is 32.1 Å². The van der Waals surface area contributed by atoms with Gasteiger partial charge in [-0.1, -0.05) is 39.3 Å². The topological polar surface area (TPSA) is 335 Å². The Labute approximate surface area is 426 Å². The van der Waals surface area contributed by atoms with Crippen LogP contribution in [0.4, 0.5) is 0 Å². The second kappa shape index (κ2) is 22.2. The second-order valence-corrected chi connectivity index (χ2v) is 23.6. The highest BCUT2D eigenvalue weighted by Gasteiger charge is 2.68. The highest BCUT2D eigenvalue weighted by molar-refractivity contribution is 5.26. The van der Waals surface area contributed by atoms with Gasteiger partial charge in [0.25, 0.3) is 0 Å². The summed E-state index contributed by atoms with van der Waals surface area (Å²) in [5, 5.41) is 126. The zero-order valence-electron chi connectivity index (χ0n) is 42.8. The van der Waals surface area contributed by atoms with Crippen LogP contribution in [0, 0.1) is 46.3 Å². The van der Waals surface area contributed by atoms with Gasteiger partial charge in [-0.3, -0.25) is 0 Å². The van der Waals surface area contributed by atoms with Gasteiger partial charge < -0.3 is 109 Å². The van der Waals surface area contributed by atoms with Crippen LogP contribution in [0.25, 0.3) is 0 Å². The summed E-state index contributed by atoms with van der Waals surface area (Å²) in [5.74, 6) is 0.863. The first-order valence-electron chi connectivity index (χ1n) is 26.7. The molecule has 4 aliphatic carbocycles. The van der Waals surface area contributed by atoms with Crippen molar-refractivity contribution in [3.63, 3.8) is 0 Å². The van der Waals surface area contributed by atoms with Crippen LogP contribution in [-0.4, -0.2) is 230 Å². The smallest absolute Gasteiger partial charge is 0.187 e. The quantitative estimate of drug-likeness (QED) is 0.0813. The molecule has 0 bridgehead atoms. The largest absolute Gasteiger partial charge is 0.394 e. The minimum absolute atomic E-state index is 0.00353. The average molecular weight is 1050 g/mol. The molecule has 5 aliphatic heterocycles. The van der Waals surface area contributed by atoms with Gasteiger partial charge in [0.1, 0.15) is 85.5 Å². The lowest BCUT2D eigenvalue weighted by molar-refractivity contribution is -0.390. The molecule has 9 rings (SSSR count). The lowest BCUT2D eigenvalue weighted by Gasteiger charge is -2.58. The summed E-state index contributed by atoms with van der Waals surface area (Å²) in [6.07, 6.45) is -18.5. The highest BCUT2D eigenvalue weighted by atomic mass is 16.8. The molecule has 0 spiro atoms. The average Bonchev–Trinajstić information content (AvgIpc) is 3.83. The maximum atomic E-state index is 11.6. The van der Waals surface area contributed by atoms with Gasteiger partial charge in [-0.15, -0.1) is 0 Å². The van der Waals surface area contributed by atoms with Crippen LogP contribution < -0.4 is 0 Å². The number of rotatable bonds is 15. The summed E-state index contributed by atoms with van der Waals surface area (Å²) in [7, 11) is 1.72. The van der Waals surface area contributed by atoms with E-state index in [1.54, 1.807) is 7.11 Å². The fourth-order valence-electron chi connectivity index (χ4n) is 15.0. The molecule has 9 aliphatic rings. The zero-order valence-corrected chi connectivity index (χ0v) is 42.8. The number of aliphatic hydroxyl groups excluding tert-OH is 12. The number of aliphatic hydroxyl groups is 12. The third kappa shape index (κ3) is 10.2. The molecule has 5 saturated heterocycles. The van der Waals surface area contributed by atoms with Crippen LogP contribution in [-0.2, 0) is 47.4 Å². The lowest BCUT2D eigenvalue weighted by Crippen LogP contribution is -2.66. The van der Waals surface area contributed by atoms with Crippen molar-refractivity contribution in [2.24, 2.45) is 46.3 Å². The molecule has 0 radical (unpaired) electrons. The number of hydrogen-bond donors (Lipinski definition) is 12. The van der Waals surface area contributed by atoms with Gasteiger partial charge in [0.2, 0.25) is 0 Å². The summed E-state index contributed by atoms with van der Waals surface area (Å²) < 4.78 is 61.5. The number of ether oxygens (including phenoxy) is 10. The molecule has 5 heterocycles. The summed E-state index contributed by atoms with van der Waals surface area (Å²) in [6.45, 7) is 9.21. The van der Waals surface area contributed by atoms with Crippen molar-refractivity contribution in [1.29, 1.82) is 0 Å². The molecular weight excluding hydrogens is 965 g/mol. The molecule has 73 heavy (non-hydrogen) atoms. The lowest BCUT2D eigenvalue weighted by atomic mass is 9.47. The molecule has 0 unspecified atom stereocenters. The van der Waals surface area contributed by atoms with Crippen molar-refractivity contribution < 1.29 is 109 Å². The molecule has 0 aromatic rings. The first-order valence-corrected chi connectivity index (χ1v) is 26.7. The maximum Gasteiger partial charge on any atom is 0.187 e. The number of hydrogen-bond acceptors (Lipinski definition) is 22. The molecule has 420 valence electrons. The second-order valence-electron chi connectivity index (χ2n) is 23.6. The van der Waals surface area contributed by atoms with Crippen molar-refractivity contribution in [1.82, 2.24) is 0 Å². The van der Waals surface area contributed by atoms with E-state index in [9.17, 15) is 61.3 Å². The highest BCUT2D eigenvalue weighted by Crippen LogP contribution is 2.70. The minimum atomic E-state index is -1.75. The van der Waals surface area contributed by atoms with E-state index in [1.807, 2.05) is 6.92 Å². The number of allylic oxidation sites excluding steroid dienone is 1. The summed E-state index contributed by atoms with van der Waals surface area (Å²) in [5.41, 5.74) is 1.18. The Hall–Kier alpha value is -1.14. The molecule has 3 saturated carbocycles. The first kappa shape index (κ1) is 56.6. The summed E-state index contributed by atoms with van der Waals surface area (Å²) in [6, 6.07) is 0. The van der Waals surface area contributed by atoms with Gasteiger partial charge in [-0.2, -0.15) is 0 Å². The van der Waals surface area contributed by atoms with E-state index in [4.69, 9.17) is 47.4 Å². The van der Waals surface area contributed by atoms with Crippen LogP contribution in [0.1, 0.15) is 92.4 Å². The normalized spacial score (nSPS) is 54.5. The van der Waals surface area contributed by atoms with Gasteiger partial charge in [-0.25, -0.2) is 0 Å². The molecule has 30 atom stereocenters. The number of fused-ring (bicyclic) bond motifs is 7. The molecule has 0 amide bonds. The third-order valence-electron chi connectivity index (χ3n) is 19.4. The Bertz CT molecular complexity index is 1880. The van der Waals surface area contributed by atoms with Gasteiger partial charge in [0.15, 0.2) is 30.9 Å². The molecule has 22 nitrogen and oxygen atoms in total. The van der Waals surface area contributed by atoms with Gasteiger partial charge >= 0.3 is 0 Å². The fraction of sp³-hybridized carbons (Fsp3) is 0.961. The maximum absolute atomic E-state index is 11.6. The van der Waals surface area contributed by atoms with E-state index >= 15 is 0 Å². The van der Waals surface area contributed by atoms with Crippen molar-refractivity contribution >= 4 is 0 Å². The predicted molar refractivity (Wildman–Crippen MR) is 249 cm³/mol. The van der Waals surface area contributed by atoms with E-state index < -0.39 is 148 Å². The molecule has 12 N–H and O–H groups in total. The molecule has 22 heteroatoms. The Morgan fingerprint density at radius 3 is 2.07 bits per heavy atom. The molecular formula is C51H84O22. The van der Waals surface area contributed by atoms with Crippen molar-refractivity contribution in [3.05, 3.63) is 11.6 Å². The van der Waals surface area contributed by atoms with Crippen LogP contribution >= 0.6 is 0 Å². The fourth-order valence-corrected chi connectivity index (χ4v) is 15.0. The van der Waals surface area contributed by atoms with Crippen molar-refractivity contribution in [2.75, 3.05) is 33.5 Å². The monoisotopic (exact) mass is 1050 g/mol. The predicted octanol–water partition coefficient (Wildman–Crippen LogP) is -1.71.